The van der Waals surface area contributed by atoms with E-state index in [9.17, 15) is 4.79 Å². The van der Waals surface area contributed by atoms with E-state index in [-0.39, 0.29) is 12.0 Å². The van der Waals surface area contributed by atoms with Crippen molar-refractivity contribution >= 4 is 17.7 Å². The quantitative estimate of drug-likeness (QED) is 0.599. The summed E-state index contributed by atoms with van der Waals surface area (Å²) in [7, 11) is 0. The van der Waals surface area contributed by atoms with E-state index >= 15 is 0 Å². The van der Waals surface area contributed by atoms with Gasteiger partial charge in [-0.25, -0.2) is 9.79 Å². The molecular formula is C18H22N4O. The number of aryl methyl sites for hydroxylation is 2. The normalized spacial score (nSPS) is 11.1. The highest BCUT2D eigenvalue weighted by molar-refractivity contribution is 5.96. The van der Waals surface area contributed by atoms with Gasteiger partial charge in [-0.3, -0.25) is 5.32 Å². The summed E-state index contributed by atoms with van der Waals surface area (Å²) >= 11 is 0. The first-order valence-electron chi connectivity index (χ1n) is 7.55. The van der Waals surface area contributed by atoms with E-state index in [1.807, 2.05) is 62.4 Å². The van der Waals surface area contributed by atoms with E-state index in [0.29, 0.717) is 6.54 Å². The number of carbonyl (C=O) groups is 1. The van der Waals surface area contributed by atoms with Gasteiger partial charge in [0.25, 0.3) is 0 Å². The predicted octanol–water partition coefficient (Wildman–Crippen LogP) is 2.79. The van der Waals surface area contributed by atoms with Gasteiger partial charge in [0, 0.05) is 6.54 Å². The number of benzene rings is 2. The highest BCUT2D eigenvalue weighted by atomic mass is 16.2. The molecule has 0 radical (unpaired) electrons. The van der Waals surface area contributed by atoms with Gasteiger partial charge >= 0.3 is 6.03 Å². The first kappa shape index (κ1) is 16.5. The number of carbonyl (C=O) groups excluding carboxylic acids is 1. The molecule has 0 fully saturated rings. The lowest BCUT2D eigenvalue weighted by Crippen LogP contribution is -2.43. The minimum absolute atomic E-state index is 0.0830. The largest absolute Gasteiger partial charge is 0.369 e. The molecule has 2 amide bonds. The second kappa shape index (κ2) is 7.98. The van der Waals surface area contributed by atoms with Crippen LogP contribution in [0.4, 0.5) is 10.5 Å². The van der Waals surface area contributed by atoms with Gasteiger partial charge in [-0.2, -0.15) is 0 Å². The summed E-state index contributed by atoms with van der Waals surface area (Å²) in [5.74, 6) is 0.0830. The third-order valence-corrected chi connectivity index (χ3v) is 3.46. The van der Waals surface area contributed by atoms with Crippen molar-refractivity contribution in [3.8, 4) is 0 Å². The topological polar surface area (TPSA) is 79.5 Å². The van der Waals surface area contributed by atoms with Crippen LogP contribution < -0.4 is 16.4 Å². The molecule has 0 saturated carbocycles. The van der Waals surface area contributed by atoms with E-state index in [1.54, 1.807) is 0 Å². The number of aliphatic imine (C=N–C) groups is 1. The first-order valence-corrected chi connectivity index (χ1v) is 7.55. The predicted molar refractivity (Wildman–Crippen MR) is 93.9 cm³/mol. The Morgan fingerprint density at radius 3 is 2.35 bits per heavy atom. The minimum Gasteiger partial charge on any atom is -0.369 e. The highest BCUT2D eigenvalue weighted by Crippen LogP contribution is 2.22. The fourth-order valence-corrected chi connectivity index (χ4v) is 2.26. The van der Waals surface area contributed by atoms with Crippen molar-refractivity contribution in [3.05, 3.63) is 65.2 Å². The van der Waals surface area contributed by atoms with Crippen LogP contribution in [-0.2, 0) is 6.42 Å². The molecule has 0 aromatic heterocycles. The fraction of sp³-hybridized carbons (Fsp3) is 0.222. The lowest BCUT2D eigenvalue weighted by Gasteiger charge is -2.09. The number of guanidine groups is 1. The summed E-state index contributed by atoms with van der Waals surface area (Å²) in [5, 5.41) is 5.31. The molecule has 23 heavy (non-hydrogen) atoms. The maximum absolute atomic E-state index is 11.8. The molecule has 0 aliphatic heterocycles. The Morgan fingerprint density at radius 2 is 1.70 bits per heavy atom. The molecule has 0 aliphatic rings. The fourth-order valence-electron chi connectivity index (χ4n) is 2.26. The molecule has 2 aromatic carbocycles. The third-order valence-electron chi connectivity index (χ3n) is 3.46. The molecular weight excluding hydrogens is 288 g/mol. The van der Waals surface area contributed by atoms with Crippen molar-refractivity contribution in [1.29, 1.82) is 0 Å². The number of nitrogens with one attached hydrogen (secondary N) is 2. The molecule has 5 nitrogen and oxygen atoms in total. The molecule has 0 spiro atoms. The molecule has 0 heterocycles. The van der Waals surface area contributed by atoms with Crippen LogP contribution in [0.2, 0.25) is 0 Å². The first-order chi connectivity index (χ1) is 11.1. The zero-order valence-electron chi connectivity index (χ0n) is 13.5. The van der Waals surface area contributed by atoms with Gasteiger partial charge in [-0.1, -0.05) is 48.5 Å². The van der Waals surface area contributed by atoms with Crippen molar-refractivity contribution in [2.45, 2.75) is 20.3 Å². The van der Waals surface area contributed by atoms with Gasteiger partial charge in [0.15, 0.2) is 0 Å². The molecule has 0 bridgehead atoms. The second-order valence-electron chi connectivity index (χ2n) is 5.35. The van der Waals surface area contributed by atoms with Crippen LogP contribution in [0.1, 0.15) is 16.7 Å². The van der Waals surface area contributed by atoms with Crippen LogP contribution in [0.5, 0.6) is 0 Å². The van der Waals surface area contributed by atoms with E-state index in [1.165, 1.54) is 5.56 Å². The average molecular weight is 310 g/mol. The average Bonchev–Trinajstić information content (AvgIpc) is 2.52. The standard InChI is InChI=1S/C18H22N4O/c1-13-7-6-8-14(2)16(13)21-17(19)22-18(23)20-12-11-15-9-4-3-5-10-15/h3-10H,11-12H2,1-2H3,(H4,19,20,21,22,23). The number of nitrogens with two attached hydrogens (primary N) is 1. The van der Waals surface area contributed by atoms with Crippen LogP contribution in [0.3, 0.4) is 0 Å². The molecule has 5 heteroatoms. The van der Waals surface area contributed by atoms with Crippen molar-refractivity contribution in [2.24, 2.45) is 10.7 Å². The van der Waals surface area contributed by atoms with Crippen LogP contribution >= 0.6 is 0 Å². The molecule has 2 aromatic rings. The number of hydrogen-bond acceptors (Lipinski definition) is 2. The summed E-state index contributed by atoms with van der Waals surface area (Å²) in [4.78, 5) is 16.1. The SMILES string of the molecule is Cc1cccc(C)c1N=C(N)NC(=O)NCCc1ccccc1. The molecule has 0 saturated heterocycles. The minimum atomic E-state index is -0.353. The Kier molecular flexibility index (Phi) is 5.74. The van der Waals surface area contributed by atoms with Gasteiger partial charge in [-0.15, -0.1) is 0 Å². The van der Waals surface area contributed by atoms with Gasteiger partial charge in [0.05, 0.1) is 5.69 Å². The smallest absolute Gasteiger partial charge is 0.321 e. The van der Waals surface area contributed by atoms with E-state index < -0.39 is 0 Å². The van der Waals surface area contributed by atoms with Crippen molar-refractivity contribution in [3.63, 3.8) is 0 Å². The van der Waals surface area contributed by atoms with Gasteiger partial charge in [0.2, 0.25) is 5.96 Å². The van der Waals surface area contributed by atoms with Crippen molar-refractivity contribution < 1.29 is 4.79 Å². The third kappa shape index (κ3) is 5.14. The number of nitrogens with zero attached hydrogens (tertiary/aromatic N) is 1. The molecule has 2 rings (SSSR count). The number of urea groups is 1. The zero-order valence-corrected chi connectivity index (χ0v) is 13.5. The van der Waals surface area contributed by atoms with Crippen LogP contribution in [-0.4, -0.2) is 18.5 Å². The summed E-state index contributed by atoms with van der Waals surface area (Å²) in [6.07, 6.45) is 0.766. The van der Waals surface area contributed by atoms with Crippen LogP contribution in [0.25, 0.3) is 0 Å². The Morgan fingerprint density at radius 1 is 1.04 bits per heavy atom. The van der Waals surface area contributed by atoms with Crippen molar-refractivity contribution in [1.82, 2.24) is 10.6 Å². The Bertz CT molecular complexity index is 675. The number of para-hydroxylation sites is 1. The van der Waals surface area contributed by atoms with E-state index in [2.05, 4.69) is 15.6 Å². The van der Waals surface area contributed by atoms with Crippen molar-refractivity contribution in [2.75, 3.05) is 6.54 Å². The summed E-state index contributed by atoms with van der Waals surface area (Å²) in [5.41, 5.74) is 9.79. The van der Waals surface area contributed by atoms with Crippen LogP contribution in [0, 0.1) is 13.8 Å². The van der Waals surface area contributed by atoms with Gasteiger partial charge in [0.1, 0.15) is 0 Å². The number of rotatable bonds is 4. The van der Waals surface area contributed by atoms with Gasteiger partial charge < -0.3 is 11.1 Å². The van der Waals surface area contributed by atoms with E-state index in [0.717, 1.165) is 23.2 Å². The maximum Gasteiger partial charge on any atom is 0.321 e. The second-order valence-corrected chi connectivity index (χ2v) is 5.35. The summed E-state index contributed by atoms with van der Waals surface area (Å²) in [6, 6.07) is 15.5. The Balaban J connectivity index is 1.86. The summed E-state index contributed by atoms with van der Waals surface area (Å²) < 4.78 is 0. The Labute approximate surface area is 136 Å². The zero-order chi connectivity index (χ0) is 16.7. The number of amides is 2. The lowest BCUT2D eigenvalue weighted by molar-refractivity contribution is 0.245. The van der Waals surface area contributed by atoms with E-state index in [4.69, 9.17) is 5.73 Å². The maximum atomic E-state index is 11.8. The summed E-state index contributed by atoms with van der Waals surface area (Å²) in [6.45, 7) is 4.45. The number of hydrogen-bond donors (Lipinski definition) is 3. The monoisotopic (exact) mass is 310 g/mol. The van der Waals surface area contributed by atoms with Gasteiger partial charge in [-0.05, 0) is 37.0 Å². The molecule has 120 valence electrons. The molecule has 0 atom stereocenters. The molecule has 4 N–H and O–H groups in total. The van der Waals surface area contributed by atoms with Crippen LogP contribution in [0.15, 0.2) is 53.5 Å². The lowest BCUT2D eigenvalue weighted by atomic mass is 10.1. The highest BCUT2D eigenvalue weighted by Gasteiger charge is 2.05. The molecule has 0 unspecified atom stereocenters. The molecule has 0 aliphatic carbocycles. The Hall–Kier alpha value is -2.82.